The molecule has 1 aromatic carbocycles. The second kappa shape index (κ2) is 5.48. The van der Waals surface area contributed by atoms with Gasteiger partial charge in [0.05, 0.1) is 12.5 Å². The number of phenolic OH excluding ortho intramolecular Hbond substituents is 1. The fourth-order valence-electron chi connectivity index (χ4n) is 3.30. The van der Waals surface area contributed by atoms with Crippen LogP contribution in [0.4, 0.5) is 0 Å². The van der Waals surface area contributed by atoms with Crippen LogP contribution in [0.2, 0.25) is 0 Å². The van der Waals surface area contributed by atoms with Gasteiger partial charge in [0.25, 0.3) is 0 Å². The minimum Gasteiger partial charge on any atom is -0.507 e. The van der Waals surface area contributed by atoms with Crippen LogP contribution in [0.15, 0.2) is 6.07 Å². The Morgan fingerprint density at radius 3 is 2.15 bits per heavy atom. The van der Waals surface area contributed by atoms with E-state index in [0.717, 1.165) is 28.7 Å². The van der Waals surface area contributed by atoms with Crippen molar-refractivity contribution in [1.29, 1.82) is 5.26 Å². The lowest BCUT2D eigenvalue weighted by atomic mass is 9.71. The summed E-state index contributed by atoms with van der Waals surface area (Å²) in [7, 11) is 0. The van der Waals surface area contributed by atoms with Gasteiger partial charge in [-0.3, -0.25) is 0 Å². The van der Waals surface area contributed by atoms with Crippen molar-refractivity contribution < 1.29 is 5.11 Å². The summed E-state index contributed by atoms with van der Waals surface area (Å²) in [5.74, 6) is 0.357. The van der Waals surface area contributed by atoms with Gasteiger partial charge in [-0.25, -0.2) is 0 Å². The highest BCUT2D eigenvalue weighted by molar-refractivity contribution is 5.52. The Bertz CT molecular complexity index is 542. The predicted octanol–water partition coefficient (Wildman–Crippen LogP) is 4.79. The molecule has 2 nitrogen and oxygen atoms in total. The number of phenols is 1. The van der Waals surface area contributed by atoms with E-state index in [-0.39, 0.29) is 10.8 Å². The third-order valence-corrected chi connectivity index (χ3v) is 3.86. The van der Waals surface area contributed by atoms with Gasteiger partial charge in [0, 0.05) is 5.56 Å². The average Bonchev–Trinajstić information content (AvgIpc) is 2.26. The van der Waals surface area contributed by atoms with Crippen molar-refractivity contribution >= 4 is 0 Å². The van der Waals surface area contributed by atoms with Crippen LogP contribution in [-0.2, 0) is 11.8 Å². The molecular formula is C18H27NO. The molecule has 1 rings (SSSR count). The highest BCUT2D eigenvalue weighted by Crippen LogP contribution is 2.42. The van der Waals surface area contributed by atoms with E-state index in [1.54, 1.807) is 0 Å². The van der Waals surface area contributed by atoms with Crippen molar-refractivity contribution in [2.45, 2.75) is 66.7 Å². The molecule has 0 heterocycles. The van der Waals surface area contributed by atoms with E-state index < -0.39 is 0 Å². The normalized spacial score (nSPS) is 12.3. The zero-order valence-electron chi connectivity index (χ0n) is 13.9. The number of benzene rings is 1. The van der Waals surface area contributed by atoms with Gasteiger partial charge in [0.1, 0.15) is 5.75 Å². The summed E-state index contributed by atoms with van der Waals surface area (Å²) in [4.78, 5) is 0. The number of rotatable bonds is 3. The Kier molecular flexibility index (Phi) is 4.54. The van der Waals surface area contributed by atoms with Crippen LogP contribution >= 0.6 is 0 Å². The van der Waals surface area contributed by atoms with Crippen molar-refractivity contribution in [1.82, 2.24) is 0 Å². The summed E-state index contributed by atoms with van der Waals surface area (Å²) in [6.45, 7) is 14.9. The zero-order chi connectivity index (χ0) is 15.7. The lowest BCUT2D eigenvalue weighted by Crippen LogP contribution is -2.25. The Morgan fingerprint density at radius 1 is 1.15 bits per heavy atom. The van der Waals surface area contributed by atoms with Crippen LogP contribution < -0.4 is 0 Å². The minimum atomic E-state index is -0.0942. The first-order chi connectivity index (χ1) is 8.99. The minimum absolute atomic E-state index is 0.0942. The zero-order valence-corrected chi connectivity index (χ0v) is 13.9. The van der Waals surface area contributed by atoms with Crippen LogP contribution in [0.1, 0.15) is 63.3 Å². The number of nitriles is 1. The van der Waals surface area contributed by atoms with Gasteiger partial charge < -0.3 is 5.11 Å². The van der Waals surface area contributed by atoms with Gasteiger partial charge >= 0.3 is 0 Å². The molecule has 110 valence electrons. The van der Waals surface area contributed by atoms with E-state index in [1.807, 2.05) is 13.8 Å². The van der Waals surface area contributed by atoms with Crippen molar-refractivity contribution in [2.24, 2.45) is 5.41 Å². The second-order valence-corrected chi connectivity index (χ2v) is 7.65. The van der Waals surface area contributed by atoms with E-state index in [1.165, 1.54) is 0 Å². The molecule has 0 bridgehead atoms. The van der Waals surface area contributed by atoms with Crippen LogP contribution in [0.25, 0.3) is 0 Å². The molecule has 0 unspecified atom stereocenters. The Labute approximate surface area is 123 Å². The maximum absolute atomic E-state index is 10.6. The standard InChI is InChI=1S/C18H27NO/c1-12-10-15(18(6,7)11-17(3,4)5)16(20)13(2)14(12)8-9-19/h10,20H,8,11H2,1-7H3. The van der Waals surface area contributed by atoms with Crippen LogP contribution in [0.5, 0.6) is 5.75 Å². The first-order valence-electron chi connectivity index (χ1n) is 7.19. The highest BCUT2D eigenvalue weighted by atomic mass is 16.3. The van der Waals surface area contributed by atoms with Crippen LogP contribution in [0.3, 0.4) is 0 Å². The smallest absolute Gasteiger partial charge is 0.122 e. The molecule has 1 N–H and O–H groups in total. The molecule has 0 aromatic heterocycles. The third kappa shape index (κ3) is 3.54. The molecule has 2 heteroatoms. The molecule has 0 fully saturated rings. The van der Waals surface area contributed by atoms with Crippen molar-refractivity contribution in [3.63, 3.8) is 0 Å². The quantitative estimate of drug-likeness (QED) is 0.860. The number of aromatic hydroxyl groups is 1. The molecule has 0 saturated carbocycles. The van der Waals surface area contributed by atoms with Gasteiger partial charge in [0.15, 0.2) is 0 Å². The van der Waals surface area contributed by atoms with Gasteiger partial charge in [-0.2, -0.15) is 5.26 Å². The fraction of sp³-hybridized carbons (Fsp3) is 0.611. The fourth-order valence-corrected chi connectivity index (χ4v) is 3.30. The first kappa shape index (κ1) is 16.6. The second-order valence-electron chi connectivity index (χ2n) is 7.65. The monoisotopic (exact) mass is 273 g/mol. The summed E-state index contributed by atoms with van der Waals surface area (Å²) < 4.78 is 0. The maximum atomic E-state index is 10.6. The molecule has 0 atom stereocenters. The van der Waals surface area contributed by atoms with Crippen molar-refractivity contribution in [3.8, 4) is 11.8 Å². The molecule has 0 saturated heterocycles. The van der Waals surface area contributed by atoms with Crippen LogP contribution in [0, 0.1) is 30.6 Å². The molecule has 0 amide bonds. The summed E-state index contributed by atoms with van der Waals surface area (Å²) in [5, 5.41) is 19.5. The SMILES string of the molecule is Cc1cc(C(C)(C)CC(C)(C)C)c(O)c(C)c1CC#N. The lowest BCUT2D eigenvalue weighted by Gasteiger charge is -2.34. The van der Waals surface area contributed by atoms with E-state index in [4.69, 9.17) is 5.26 Å². The number of aryl methyl sites for hydroxylation is 1. The largest absolute Gasteiger partial charge is 0.507 e. The van der Waals surface area contributed by atoms with Gasteiger partial charge in [-0.1, -0.05) is 40.7 Å². The summed E-state index contributed by atoms with van der Waals surface area (Å²) >= 11 is 0. The highest BCUT2D eigenvalue weighted by Gasteiger charge is 2.30. The molecule has 0 aliphatic heterocycles. The molecular weight excluding hydrogens is 246 g/mol. The number of nitrogens with zero attached hydrogens (tertiary/aromatic N) is 1. The average molecular weight is 273 g/mol. The third-order valence-electron chi connectivity index (χ3n) is 3.86. The molecule has 0 radical (unpaired) electrons. The number of hydrogen-bond acceptors (Lipinski definition) is 2. The molecule has 0 aliphatic carbocycles. The lowest BCUT2D eigenvalue weighted by molar-refractivity contribution is 0.278. The molecule has 0 aliphatic rings. The predicted molar refractivity (Wildman–Crippen MR) is 84.0 cm³/mol. The van der Waals surface area contributed by atoms with Gasteiger partial charge in [-0.05, 0) is 47.8 Å². The molecule has 0 spiro atoms. The van der Waals surface area contributed by atoms with E-state index >= 15 is 0 Å². The van der Waals surface area contributed by atoms with Crippen molar-refractivity contribution in [3.05, 3.63) is 28.3 Å². The topological polar surface area (TPSA) is 44.0 Å². The van der Waals surface area contributed by atoms with E-state index in [2.05, 4.69) is 46.8 Å². The van der Waals surface area contributed by atoms with Crippen LogP contribution in [-0.4, -0.2) is 5.11 Å². The maximum Gasteiger partial charge on any atom is 0.122 e. The number of hydrogen-bond donors (Lipinski definition) is 1. The summed E-state index contributed by atoms with van der Waals surface area (Å²) in [5.41, 5.74) is 4.00. The summed E-state index contributed by atoms with van der Waals surface area (Å²) in [6.07, 6.45) is 1.34. The Morgan fingerprint density at radius 2 is 1.70 bits per heavy atom. The summed E-state index contributed by atoms with van der Waals surface area (Å²) in [6, 6.07) is 4.23. The Balaban J connectivity index is 3.38. The van der Waals surface area contributed by atoms with E-state index in [9.17, 15) is 5.11 Å². The Hall–Kier alpha value is -1.49. The first-order valence-corrected chi connectivity index (χ1v) is 7.19. The van der Waals surface area contributed by atoms with Crippen molar-refractivity contribution in [2.75, 3.05) is 0 Å². The van der Waals surface area contributed by atoms with Gasteiger partial charge in [-0.15, -0.1) is 0 Å². The molecule has 1 aromatic rings. The van der Waals surface area contributed by atoms with E-state index in [0.29, 0.717) is 12.2 Å². The molecule has 20 heavy (non-hydrogen) atoms. The van der Waals surface area contributed by atoms with Gasteiger partial charge in [0.2, 0.25) is 0 Å².